The van der Waals surface area contributed by atoms with Crippen molar-refractivity contribution in [2.45, 2.75) is 39.4 Å². The molecule has 0 atom stereocenters. The van der Waals surface area contributed by atoms with Crippen molar-refractivity contribution in [1.82, 2.24) is 0 Å². The molecule has 0 aliphatic heterocycles. The normalized spacial score (nSPS) is 10.9. The summed E-state index contributed by atoms with van der Waals surface area (Å²) in [5.74, 6) is 0. The molecule has 0 aliphatic carbocycles. The highest BCUT2D eigenvalue weighted by atomic mass is 28.3. The third-order valence-corrected chi connectivity index (χ3v) is 5.22. The number of hydrogen-bond donors (Lipinski definition) is 0. The van der Waals surface area contributed by atoms with Crippen molar-refractivity contribution >= 4 is 24.6 Å². The number of non-ortho nitro benzene ring substituents is 1. The van der Waals surface area contributed by atoms with Crippen LogP contribution >= 0.6 is 0 Å². The average molecular weight is 290 g/mol. The number of nitrogens with zero attached hydrogens (tertiary/aromatic N) is 2. The number of unbranched alkanes of at least 4 members (excludes halogenated alkanes) is 1. The van der Waals surface area contributed by atoms with E-state index >= 15 is 0 Å². The topological polar surface area (TPSA) is 46.4 Å². The number of hydrogen-bond acceptors (Lipinski definition) is 3. The Labute approximate surface area is 122 Å². The molecule has 20 heavy (non-hydrogen) atoms. The van der Waals surface area contributed by atoms with E-state index in [1.54, 1.807) is 12.1 Å². The minimum absolute atomic E-state index is 0.0961. The standard InChI is InChI=1S/C15H22N2O2Si/c1-6-8-11-16(7-2)14-12-13(17(18)19)9-10-15(14)20(3,4)5/h2,9-10,12H,6,8,11H2,1,3-5H3. The molecule has 0 aromatic heterocycles. The van der Waals surface area contributed by atoms with Crippen molar-refractivity contribution in [3.63, 3.8) is 0 Å². The molecular formula is C15H22N2O2Si. The van der Waals surface area contributed by atoms with Crippen molar-refractivity contribution in [2.75, 3.05) is 11.4 Å². The molecule has 1 rings (SSSR count). The summed E-state index contributed by atoms with van der Waals surface area (Å²) in [4.78, 5) is 12.4. The predicted octanol–water partition coefficient (Wildman–Crippen LogP) is 3.34. The quantitative estimate of drug-likeness (QED) is 0.265. The fraction of sp³-hybridized carbons (Fsp3) is 0.467. The van der Waals surface area contributed by atoms with Gasteiger partial charge in [0.1, 0.15) is 0 Å². The SMILES string of the molecule is C#CN(CCCC)c1cc([N+](=O)[O-])ccc1[Si](C)(C)C. The van der Waals surface area contributed by atoms with Gasteiger partial charge in [-0.25, -0.2) is 0 Å². The molecular weight excluding hydrogens is 268 g/mol. The van der Waals surface area contributed by atoms with E-state index in [1.165, 1.54) is 0 Å². The van der Waals surface area contributed by atoms with Gasteiger partial charge in [-0.3, -0.25) is 10.1 Å². The summed E-state index contributed by atoms with van der Waals surface area (Å²) in [6, 6.07) is 7.72. The first-order chi connectivity index (χ1) is 9.31. The number of nitro benzene ring substituents is 1. The molecule has 0 bridgehead atoms. The van der Waals surface area contributed by atoms with E-state index in [9.17, 15) is 10.1 Å². The Hall–Kier alpha value is -1.80. The van der Waals surface area contributed by atoms with Gasteiger partial charge in [0.25, 0.3) is 5.69 Å². The van der Waals surface area contributed by atoms with Crippen molar-refractivity contribution < 1.29 is 4.92 Å². The number of anilines is 1. The summed E-state index contributed by atoms with van der Waals surface area (Å²) >= 11 is 0. The van der Waals surface area contributed by atoms with Crippen LogP contribution in [0.25, 0.3) is 0 Å². The van der Waals surface area contributed by atoms with Gasteiger partial charge in [-0.15, -0.1) is 0 Å². The van der Waals surface area contributed by atoms with Crippen molar-refractivity contribution in [3.05, 3.63) is 28.3 Å². The second-order valence-electron chi connectivity index (χ2n) is 5.84. The zero-order chi connectivity index (χ0) is 15.3. The van der Waals surface area contributed by atoms with Gasteiger partial charge in [0.05, 0.1) is 18.7 Å². The lowest BCUT2D eigenvalue weighted by Crippen LogP contribution is -2.41. The van der Waals surface area contributed by atoms with Crippen LogP contribution in [0.4, 0.5) is 11.4 Å². The Kier molecular flexibility index (Phi) is 5.34. The van der Waals surface area contributed by atoms with Crippen LogP contribution in [0.3, 0.4) is 0 Å². The molecule has 0 aliphatic rings. The molecule has 0 radical (unpaired) electrons. The zero-order valence-electron chi connectivity index (χ0n) is 12.6. The first-order valence-corrected chi connectivity index (χ1v) is 10.3. The van der Waals surface area contributed by atoms with Gasteiger partial charge in [0.15, 0.2) is 0 Å². The molecule has 4 nitrogen and oxygen atoms in total. The van der Waals surface area contributed by atoms with E-state index in [4.69, 9.17) is 6.42 Å². The summed E-state index contributed by atoms with van der Waals surface area (Å²) in [5.41, 5.74) is 0.924. The molecule has 0 heterocycles. The lowest BCUT2D eigenvalue weighted by atomic mass is 10.2. The van der Waals surface area contributed by atoms with E-state index in [-0.39, 0.29) is 10.6 Å². The molecule has 1 aromatic carbocycles. The van der Waals surface area contributed by atoms with Gasteiger partial charge in [-0.2, -0.15) is 0 Å². The smallest absolute Gasteiger partial charge is 0.271 e. The second-order valence-corrected chi connectivity index (χ2v) is 10.9. The van der Waals surface area contributed by atoms with Gasteiger partial charge in [0.2, 0.25) is 0 Å². The maximum absolute atomic E-state index is 11.0. The largest absolute Gasteiger partial charge is 0.302 e. The fourth-order valence-corrected chi connectivity index (χ4v) is 3.62. The molecule has 0 saturated carbocycles. The number of benzene rings is 1. The van der Waals surface area contributed by atoms with E-state index in [0.717, 1.165) is 30.3 Å². The maximum Gasteiger partial charge on any atom is 0.271 e. The number of nitro groups is 1. The summed E-state index contributed by atoms with van der Waals surface area (Å²) in [7, 11) is -1.61. The molecule has 0 N–H and O–H groups in total. The molecule has 1 aromatic rings. The van der Waals surface area contributed by atoms with Crippen LogP contribution in [0.1, 0.15) is 19.8 Å². The second kappa shape index (κ2) is 6.57. The molecule has 0 amide bonds. The molecule has 0 saturated heterocycles. The van der Waals surface area contributed by atoms with Gasteiger partial charge in [0, 0.05) is 24.7 Å². The third kappa shape index (κ3) is 3.84. The van der Waals surface area contributed by atoms with Crippen LogP contribution in [0.15, 0.2) is 18.2 Å². The monoisotopic (exact) mass is 290 g/mol. The van der Waals surface area contributed by atoms with E-state index in [1.807, 2.05) is 11.0 Å². The zero-order valence-corrected chi connectivity index (χ0v) is 13.6. The van der Waals surface area contributed by atoms with E-state index < -0.39 is 8.07 Å². The van der Waals surface area contributed by atoms with Crippen LogP contribution in [0, 0.1) is 22.6 Å². The molecule has 0 spiro atoms. The molecule has 108 valence electrons. The highest BCUT2D eigenvalue weighted by Gasteiger charge is 2.24. The minimum atomic E-state index is -1.61. The Balaban J connectivity index is 3.34. The van der Waals surface area contributed by atoms with Crippen LogP contribution in [-0.2, 0) is 0 Å². The number of terminal acetylenes is 1. The Bertz CT molecular complexity index is 530. The Morgan fingerprint density at radius 3 is 2.50 bits per heavy atom. The van der Waals surface area contributed by atoms with Crippen molar-refractivity contribution in [1.29, 1.82) is 0 Å². The molecule has 5 heteroatoms. The van der Waals surface area contributed by atoms with Crippen LogP contribution in [0.2, 0.25) is 19.6 Å². The van der Waals surface area contributed by atoms with Gasteiger partial charge in [-0.05, 0) is 11.6 Å². The fourth-order valence-electron chi connectivity index (χ4n) is 2.06. The summed E-state index contributed by atoms with van der Waals surface area (Å²) < 4.78 is 0. The van der Waals surface area contributed by atoms with E-state index in [2.05, 4.69) is 32.6 Å². The van der Waals surface area contributed by atoms with Gasteiger partial charge < -0.3 is 4.90 Å². The molecule has 0 unspecified atom stereocenters. The summed E-state index contributed by atoms with van der Waals surface area (Å²) in [5, 5.41) is 12.1. The first kappa shape index (κ1) is 16.3. The lowest BCUT2D eigenvalue weighted by molar-refractivity contribution is -0.384. The average Bonchev–Trinajstić information content (AvgIpc) is 2.38. The van der Waals surface area contributed by atoms with Crippen molar-refractivity contribution in [3.8, 4) is 12.5 Å². The lowest BCUT2D eigenvalue weighted by Gasteiger charge is -2.26. The first-order valence-electron chi connectivity index (χ1n) is 6.84. The van der Waals surface area contributed by atoms with E-state index in [0.29, 0.717) is 0 Å². The molecule has 0 fully saturated rings. The van der Waals surface area contributed by atoms with Gasteiger partial charge >= 0.3 is 0 Å². The predicted molar refractivity (Wildman–Crippen MR) is 87.2 cm³/mol. The van der Waals surface area contributed by atoms with Crippen LogP contribution in [0.5, 0.6) is 0 Å². The summed E-state index contributed by atoms with van der Waals surface area (Å²) in [6.07, 6.45) is 7.61. The highest BCUT2D eigenvalue weighted by molar-refractivity contribution is 6.89. The Morgan fingerprint density at radius 2 is 2.05 bits per heavy atom. The van der Waals surface area contributed by atoms with Crippen molar-refractivity contribution in [2.24, 2.45) is 0 Å². The highest BCUT2D eigenvalue weighted by Crippen LogP contribution is 2.23. The third-order valence-electron chi connectivity index (χ3n) is 3.18. The van der Waals surface area contributed by atoms with Crippen LogP contribution < -0.4 is 10.1 Å². The number of rotatable bonds is 6. The maximum atomic E-state index is 11.0. The van der Waals surface area contributed by atoms with Crippen LogP contribution in [-0.4, -0.2) is 19.5 Å². The van der Waals surface area contributed by atoms with Gasteiger partial charge in [-0.1, -0.05) is 45.5 Å². The minimum Gasteiger partial charge on any atom is -0.302 e. The Morgan fingerprint density at radius 1 is 1.40 bits per heavy atom. The summed E-state index contributed by atoms with van der Waals surface area (Å²) in [6.45, 7) is 9.47.